The van der Waals surface area contributed by atoms with Gasteiger partial charge in [-0.1, -0.05) is 31.5 Å². The van der Waals surface area contributed by atoms with Crippen LogP contribution < -0.4 is 0 Å². The van der Waals surface area contributed by atoms with E-state index in [1.165, 1.54) is 6.07 Å². The fourth-order valence-electron chi connectivity index (χ4n) is 2.09. The van der Waals surface area contributed by atoms with Crippen molar-refractivity contribution in [3.05, 3.63) is 36.0 Å². The van der Waals surface area contributed by atoms with Crippen LogP contribution >= 0.6 is 0 Å². The van der Waals surface area contributed by atoms with Gasteiger partial charge in [0.25, 0.3) is 0 Å². The van der Waals surface area contributed by atoms with Gasteiger partial charge in [-0.2, -0.15) is 13.2 Å². The standard InChI is InChI=1S/C13H14F3NO/c1-2-7-12(18,13(14,15)16)11-8-9-5-3-4-6-10(9)17-11/h3-6,8,17-18H,2,7H2,1H3. The highest BCUT2D eigenvalue weighted by atomic mass is 19.4. The van der Waals surface area contributed by atoms with Crippen LogP contribution in [0.4, 0.5) is 13.2 Å². The number of nitrogens with one attached hydrogen (secondary N) is 1. The fourth-order valence-corrected chi connectivity index (χ4v) is 2.09. The van der Waals surface area contributed by atoms with Crippen molar-refractivity contribution in [3.8, 4) is 0 Å². The first-order chi connectivity index (χ1) is 8.38. The van der Waals surface area contributed by atoms with Gasteiger partial charge in [-0.15, -0.1) is 0 Å². The summed E-state index contributed by atoms with van der Waals surface area (Å²) in [5.41, 5.74) is -2.41. The van der Waals surface area contributed by atoms with E-state index in [0.29, 0.717) is 10.9 Å². The average Bonchev–Trinajstić information content (AvgIpc) is 2.71. The molecule has 0 amide bonds. The zero-order valence-electron chi connectivity index (χ0n) is 9.88. The van der Waals surface area contributed by atoms with Crippen LogP contribution in [0.2, 0.25) is 0 Å². The smallest absolute Gasteiger partial charge is 0.375 e. The van der Waals surface area contributed by atoms with Gasteiger partial charge in [-0.25, -0.2) is 0 Å². The average molecular weight is 257 g/mol. The summed E-state index contributed by atoms with van der Waals surface area (Å²) in [7, 11) is 0. The first kappa shape index (κ1) is 13.0. The Morgan fingerprint density at radius 3 is 2.44 bits per heavy atom. The molecule has 1 unspecified atom stereocenters. The third-order valence-electron chi connectivity index (χ3n) is 3.06. The molecule has 2 aromatic rings. The van der Waals surface area contributed by atoms with Gasteiger partial charge in [0.1, 0.15) is 0 Å². The first-order valence-corrected chi connectivity index (χ1v) is 5.76. The molecule has 98 valence electrons. The molecule has 18 heavy (non-hydrogen) atoms. The molecule has 5 heteroatoms. The summed E-state index contributed by atoms with van der Waals surface area (Å²) in [6.45, 7) is 1.61. The number of hydrogen-bond donors (Lipinski definition) is 2. The van der Waals surface area contributed by atoms with Crippen molar-refractivity contribution in [3.63, 3.8) is 0 Å². The van der Waals surface area contributed by atoms with Gasteiger partial charge in [0, 0.05) is 5.52 Å². The number of rotatable bonds is 3. The van der Waals surface area contributed by atoms with Gasteiger partial charge in [-0.3, -0.25) is 0 Å². The predicted molar refractivity (Wildman–Crippen MR) is 63.2 cm³/mol. The molecule has 0 bridgehead atoms. The number of hydrogen-bond acceptors (Lipinski definition) is 1. The van der Waals surface area contributed by atoms with Crippen molar-refractivity contribution in [1.29, 1.82) is 0 Å². The molecule has 0 aliphatic rings. The minimum absolute atomic E-state index is 0.196. The Hall–Kier alpha value is -1.49. The molecule has 1 aromatic heterocycles. The lowest BCUT2D eigenvalue weighted by Gasteiger charge is -2.29. The minimum Gasteiger partial charge on any atom is -0.375 e. The van der Waals surface area contributed by atoms with Gasteiger partial charge >= 0.3 is 6.18 Å². The number of aromatic amines is 1. The van der Waals surface area contributed by atoms with Crippen LogP contribution in [0.15, 0.2) is 30.3 Å². The number of para-hydroxylation sites is 1. The van der Waals surface area contributed by atoms with Gasteiger partial charge < -0.3 is 10.1 Å². The van der Waals surface area contributed by atoms with Gasteiger partial charge in [0.05, 0.1) is 5.69 Å². The summed E-state index contributed by atoms with van der Waals surface area (Å²) in [5, 5.41) is 10.6. The second-order valence-corrected chi connectivity index (χ2v) is 4.38. The summed E-state index contributed by atoms with van der Waals surface area (Å²) in [6, 6.07) is 8.22. The normalized spacial score (nSPS) is 15.8. The van der Waals surface area contributed by atoms with Gasteiger partial charge in [0.15, 0.2) is 0 Å². The second-order valence-electron chi connectivity index (χ2n) is 4.38. The number of alkyl halides is 3. The van der Waals surface area contributed by atoms with Crippen LogP contribution in [-0.2, 0) is 5.60 Å². The van der Waals surface area contributed by atoms with Crippen LogP contribution in [0.5, 0.6) is 0 Å². The largest absolute Gasteiger partial charge is 0.422 e. The molecular formula is C13H14F3NO. The number of halogens is 3. The molecule has 2 nitrogen and oxygen atoms in total. The first-order valence-electron chi connectivity index (χ1n) is 5.76. The van der Waals surface area contributed by atoms with E-state index < -0.39 is 11.8 Å². The van der Waals surface area contributed by atoms with E-state index in [9.17, 15) is 18.3 Å². The van der Waals surface area contributed by atoms with Crippen molar-refractivity contribution < 1.29 is 18.3 Å². The number of aliphatic hydroxyl groups is 1. The molecule has 1 atom stereocenters. The van der Waals surface area contributed by atoms with Crippen molar-refractivity contribution in [1.82, 2.24) is 4.98 Å². The van der Waals surface area contributed by atoms with E-state index in [4.69, 9.17) is 0 Å². The molecule has 1 heterocycles. The van der Waals surface area contributed by atoms with E-state index in [1.807, 2.05) is 0 Å². The number of aromatic nitrogens is 1. The lowest BCUT2D eigenvalue weighted by Crippen LogP contribution is -2.42. The van der Waals surface area contributed by atoms with Gasteiger partial charge in [-0.05, 0) is 23.9 Å². The van der Waals surface area contributed by atoms with E-state index in [0.717, 1.165) is 0 Å². The highest BCUT2D eigenvalue weighted by molar-refractivity contribution is 5.80. The lowest BCUT2D eigenvalue weighted by molar-refractivity contribution is -0.270. The molecule has 0 spiro atoms. The van der Waals surface area contributed by atoms with E-state index >= 15 is 0 Å². The van der Waals surface area contributed by atoms with Crippen molar-refractivity contribution >= 4 is 10.9 Å². The van der Waals surface area contributed by atoms with Crippen LogP contribution in [0.3, 0.4) is 0 Å². The third-order valence-corrected chi connectivity index (χ3v) is 3.06. The maximum atomic E-state index is 13.0. The number of fused-ring (bicyclic) bond motifs is 1. The van der Waals surface area contributed by atoms with Crippen molar-refractivity contribution in [2.75, 3.05) is 0 Å². The molecule has 2 rings (SSSR count). The third kappa shape index (κ3) is 1.99. The Bertz CT molecular complexity index is 513. The number of benzene rings is 1. The maximum Gasteiger partial charge on any atom is 0.422 e. The van der Waals surface area contributed by atoms with E-state index in [-0.39, 0.29) is 18.5 Å². The summed E-state index contributed by atoms with van der Waals surface area (Å²) in [4.78, 5) is 2.66. The lowest BCUT2D eigenvalue weighted by atomic mass is 9.93. The molecule has 0 aliphatic heterocycles. The second kappa shape index (κ2) is 4.31. The highest BCUT2D eigenvalue weighted by Crippen LogP contribution is 2.42. The van der Waals surface area contributed by atoms with E-state index in [2.05, 4.69) is 4.98 Å². The van der Waals surface area contributed by atoms with Crippen LogP contribution in [0.25, 0.3) is 10.9 Å². The summed E-state index contributed by atoms with van der Waals surface area (Å²) in [5.74, 6) is 0. The molecule has 1 aromatic carbocycles. The maximum absolute atomic E-state index is 13.0. The molecule has 0 fully saturated rings. The Kier molecular flexibility index (Phi) is 3.11. The van der Waals surface area contributed by atoms with Crippen LogP contribution in [0.1, 0.15) is 25.5 Å². The molecule has 0 saturated carbocycles. The Morgan fingerprint density at radius 1 is 1.22 bits per heavy atom. The zero-order chi connectivity index (χ0) is 13.4. The Morgan fingerprint density at radius 2 is 1.89 bits per heavy atom. The van der Waals surface area contributed by atoms with Crippen LogP contribution in [-0.4, -0.2) is 16.3 Å². The quantitative estimate of drug-likeness (QED) is 0.863. The fraction of sp³-hybridized carbons (Fsp3) is 0.385. The van der Waals surface area contributed by atoms with Crippen molar-refractivity contribution in [2.24, 2.45) is 0 Å². The number of H-pyrrole nitrogens is 1. The molecule has 0 radical (unpaired) electrons. The Labute approximate surface area is 102 Å². The molecule has 0 aliphatic carbocycles. The SMILES string of the molecule is CCCC(O)(c1cc2ccccc2[nH]1)C(F)(F)F. The monoisotopic (exact) mass is 257 g/mol. The van der Waals surface area contributed by atoms with E-state index in [1.54, 1.807) is 31.2 Å². The molecule has 0 saturated heterocycles. The minimum atomic E-state index is -4.69. The zero-order valence-corrected chi connectivity index (χ0v) is 9.88. The summed E-state index contributed by atoms with van der Waals surface area (Å²) < 4.78 is 39.1. The van der Waals surface area contributed by atoms with Crippen LogP contribution in [0, 0.1) is 0 Å². The molecular weight excluding hydrogens is 243 g/mol. The summed E-state index contributed by atoms with van der Waals surface area (Å²) in [6.07, 6.45) is -4.81. The predicted octanol–water partition coefficient (Wildman–Crippen LogP) is 3.72. The summed E-state index contributed by atoms with van der Waals surface area (Å²) >= 11 is 0. The van der Waals surface area contributed by atoms with Crippen molar-refractivity contribution in [2.45, 2.75) is 31.5 Å². The topological polar surface area (TPSA) is 36.0 Å². The van der Waals surface area contributed by atoms with Gasteiger partial charge in [0.2, 0.25) is 5.60 Å². The highest BCUT2D eigenvalue weighted by Gasteiger charge is 2.55. The Balaban J connectivity index is 2.55. The molecule has 2 N–H and O–H groups in total.